The summed E-state index contributed by atoms with van der Waals surface area (Å²) in [6.45, 7) is 3.67. The lowest BCUT2D eigenvalue weighted by Gasteiger charge is -2.16. The third-order valence-corrected chi connectivity index (χ3v) is 4.22. The summed E-state index contributed by atoms with van der Waals surface area (Å²) in [7, 11) is 0. The number of carbonyl (C=O) groups excluding carboxylic acids is 1. The first-order valence-electron chi connectivity index (χ1n) is 8.45. The smallest absolute Gasteiger partial charge is 0.221 e. The zero-order chi connectivity index (χ0) is 20.3. The number of hydrogen-bond donors (Lipinski definition) is 3. The van der Waals surface area contributed by atoms with E-state index in [0.29, 0.717) is 45.9 Å². The van der Waals surface area contributed by atoms with Crippen LogP contribution in [0.25, 0.3) is 10.9 Å². The van der Waals surface area contributed by atoms with Crippen LogP contribution in [0, 0.1) is 11.3 Å². The summed E-state index contributed by atoms with van der Waals surface area (Å²) in [5.41, 5.74) is 2.47. The van der Waals surface area contributed by atoms with Gasteiger partial charge < -0.3 is 20.5 Å². The summed E-state index contributed by atoms with van der Waals surface area (Å²) in [5.74, 6) is 0.201. The first-order chi connectivity index (χ1) is 13.4. The highest BCUT2D eigenvalue weighted by atomic mass is 35.5. The molecule has 0 fully saturated rings. The number of aromatic hydroxyl groups is 1. The predicted octanol–water partition coefficient (Wildman–Crippen LogP) is 4.57. The standard InChI is InChI=1S/C20H17ClN4O3/c1-3-28-19-8-16-14(7-17(19)24-11(2)26)20(12(9-22)10-23-16)25-13-4-5-18(27)15(21)6-13/h4-8,10,27H,3H2,1-2H3,(H,23,25)(H,24,26). The number of fused-ring (bicyclic) bond motifs is 1. The number of nitriles is 1. The molecule has 3 rings (SSSR count). The Morgan fingerprint density at radius 3 is 2.79 bits per heavy atom. The molecular formula is C20H17ClN4O3. The molecule has 3 N–H and O–H groups in total. The van der Waals surface area contributed by atoms with Crippen LogP contribution in [0.5, 0.6) is 11.5 Å². The number of carbonyl (C=O) groups is 1. The minimum atomic E-state index is -0.246. The molecule has 0 radical (unpaired) electrons. The van der Waals surface area contributed by atoms with Crippen LogP contribution in [0.2, 0.25) is 5.02 Å². The van der Waals surface area contributed by atoms with E-state index in [9.17, 15) is 15.2 Å². The van der Waals surface area contributed by atoms with Crippen LogP contribution in [0.4, 0.5) is 17.1 Å². The van der Waals surface area contributed by atoms with E-state index < -0.39 is 0 Å². The average molecular weight is 397 g/mol. The van der Waals surface area contributed by atoms with E-state index >= 15 is 0 Å². The van der Waals surface area contributed by atoms with Crippen LogP contribution < -0.4 is 15.4 Å². The molecule has 0 saturated carbocycles. The minimum absolute atomic E-state index is 0.0402. The molecule has 8 heteroatoms. The minimum Gasteiger partial charge on any atom is -0.506 e. The lowest BCUT2D eigenvalue weighted by molar-refractivity contribution is -0.114. The Morgan fingerprint density at radius 2 is 2.14 bits per heavy atom. The van der Waals surface area contributed by atoms with Crippen LogP contribution in [-0.4, -0.2) is 22.6 Å². The van der Waals surface area contributed by atoms with E-state index in [1.807, 2.05) is 6.92 Å². The molecule has 28 heavy (non-hydrogen) atoms. The molecule has 1 amide bonds. The summed E-state index contributed by atoms with van der Waals surface area (Å²) < 4.78 is 5.60. The molecule has 0 unspecified atom stereocenters. The lowest BCUT2D eigenvalue weighted by atomic mass is 10.1. The van der Waals surface area contributed by atoms with Crippen molar-refractivity contribution in [3.8, 4) is 17.6 Å². The second kappa shape index (κ2) is 8.03. The van der Waals surface area contributed by atoms with Gasteiger partial charge >= 0.3 is 0 Å². The predicted molar refractivity (Wildman–Crippen MR) is 108 cm³/mol. The Bertz CT molecular complexity index is 1110. The number of benzene rings is 2. The summed E-state index contributed by atoms with van der Waals surface area (Å²) >= 11 is 5.98. The monoisotopic (exact) mass is 396 g/mol. The number of anilines is 3. The first-order valence-corrected chi connectivity index (χ1v) is 8.83. The van der Waals surface area contributed by atoms with Crippen molar-refractivity contribution in [2.24, 2.45) is 0 Å². The number of rotatable bonds is 5. The third-order valence-electron chi connectivity index (χ3n) is 3.92. The number of halogens is 1. The van der Waals surface area contributed by atoms with Gasteiger partial charge in [-0.15, -0.1) is 0 Å². The zero-order valence-corrected chi connectivity index (χ0v) is 16.0. The quantitative estimate of drug-likeness (QED) is 0.545. The number of phenolic OH excluding ortho intramolecular Hbond substituents is 1. The van der Waals surface area contributed by atoms with Gasteiger partial charge in [-0.25, -0.2) is 0 Å². The number of nitrogens with one attached hydrogen (secondary N) is 2. The molecule has 0 spiro atoms. The van der Waals surface area contributed by atoms with Crippen molar-refractivity contribution in [1.29, 1.82) is 5.26 Å². The Hall–Kier alpha value is -3.50. The van der Waals surface area contributed by atoms with Crippen molar-refractivity contribution in [3.63, 3.8) is 0 Å². The SMILES string of the molecule is CCOc1cc2ncc(C#N)c(Nc3ccc(O)c(Cl)c3)c2cc1NC(C)=O. The van der Waals surface area contributed by atoms with Gasteiger partial charge in [0.05, 0.1) is 34.1 Å². The maximum absolute atomic E-state index is 11.6. The maximum atomic E-state index is 11.6. The maximum Gasteiger partial charge on any atom is 0.221 e. The molecule has 1 heterocycles. The average Bonchev–Trinajstić information content (AvgIpc) is 2.65. The van der Waals surface area contributed by atoms with Crippen molar-refractivity contribution in [2.45, 2.75) is 13.8 Å². The van der Waals surface area contributed by atoms with Gasteiger partial charge in [-0.3, -0.25) is 9.78 Å². The van der Waals surface area contributed by atoms with Crippen LogP contribution in [-0.2, 0) is 4.79 Å². The largest absolute Gasteiger partial charge is 0.506 e. The van der Waals surface area contributed by atoms with Crippen LogP contribution in [0.3, 0.4) is 0 Å². The van der Waals surface area contributed by atoms with E-state index in [4.69, 9.17) is 16.3 Å². The second-order valence-corrected chi connectivity index (χ2v) is 6.34. The van der Waals surface area contributed by atoms with Gasteiger partial charge in [-0.2, -0.15) is 5.26 Å². The molecule has 0 aliphatic carbocycles. The Kier molecular flexibility index (Phi) is 5.52. The van der Waals surface area contributed by atoms with Crippen molar-refractivity contribution >= 4 is 45.5 Å². The van der Waals surface area contributed by atoms with E-state index in [1.165, 1.54) is 19.2 Å². The summed E-state index contributed by atoms with van der Waals surface area (Å²) in [6.07, 6.45) is 1.46. The molecule has 0 bridgehead atoms. The Labute approximate surface area is 166 Å². The van der Waals surface area contributed by atoms with E-state index in [-0.39, 0.29) is 16.7 Å². The molecule has 1 aromatic heterocycles. The van der Waals surface area contributed by atoms with Gasteiger partial charge in [-0.1, -0.05) is 11.6 Å². The summed E-state index contributed by atoms with van der Waals surface area (Å²) in [4.78, 5) is 15.9. The van der Waals surface area contributed by atoms with Crippen molar-refractivity contribution in [3.05, 3.63) is 47.1 Å². The highest BCUT2D eigenvalue weighted by Crippen LogP contribution is 2.37. The Morgan fingerprint density at radius 1 is 1.36 bits per heavy atom. The molecule has 3 aromatic rings. The fraction of sp³-hybridized carbons (Fsp3) is 0.150. The summed E-state index contributed by atoms with van der Waals surface area (Å²) in [6, 6.07) is 10.2. The molecule has 0 atom stereocenters. The van der Waals surface area contributed by atoms with Crippen molar-refractivity contribution in [2.75, 3.05) is 17.2 Å². The molecule has 0 saturated heterocycles. The van der Waals surface area contributed by atoms with E-state index in [0.717, 1.165) is 0 Å². The number of aromatic nitrogens is 1. The highest BCUT2D eigenvalue weighted by molar-refractivity contribution is 6.32. The number of phenols is 1. The van der Waals surface area contributed by atoms with Gasteiger partial charge in [0.25, 0.3) is 0 Å². The molecule has 142 valence electrons. The highest BCUT2D eigenvalue weighted by Gasteiger charge is 2.15. The molecular weight excluding hydrogens is 380 g/mol. The number of ether oxygens (including phenoxy) is 1. The van der Waals surface area contributed by atoms with Gasteiger partial charge in [0.2, 0.25) is 5.91 Å². The van der Waals surface area contributed by atoms with Gasteiger partial charge in [-0.05, 0) is 31.2 Å². The van der Waals surface area contributed by atoms with Gasteiger partial charge in [0.1, 0.15) is 17.6 Å². The molecule has 0 aliphatic heterocycles. The number of pyridine rings is 1. The zero-order valence-electron chi connectivity index (χ0n) is 15.2. The van der Waals surface area contributed by atoms with Crippen molar-refractivity contribution < 1.29 is 14.6 Å². The van der Waals surface area contributed by atoms with Crippen LogP contribution in [0.15, 0.2) is 36.5 Å². The lowest BCUT2D eigenvalue weighted by Crippen LogP contribution is -2.08. The van der Waals surface area contributed by atoms with Crippen molar-refractivity contribution in [1.82, 2.24) is 4.98 Å². The van der Waals surface area contributed by atoms with Gasteiger partial charge in [0, 0.05) is 30.3 Å². The number of amides is 1. The fourth-order valence-electron chi connectivity index (χ4n) is 2.73. The van der Waals surface area contributed by atoms with E-state index in [1.54, 1.807) is 24.3 Å². The van der Waals surface area contributed by atoms with E-state index in [2.05, 4.69) is 21.7 Å². The molecule has 2 aromatic carbocycles. The molecule has 0 aliphatic rings. The number of hydrogen-bond acceptors (Lipinski definition) is 6. The van der Waals surface area contributed by atoms with Crippen LogP contribution in [0.1, 0.15) is 19.4 Å². The fourth-order valence-corrected chi connectivity index (χ4v) is 2.91. The first kappa shape index (κ1) is 19.3. The topological polar surface area (TPSA) is 107 Å². The third kappa shape index (κ3) is 3.92. The Balaban J connectivity index is 2.19. The normalized spacial score (nSPS) is 10.4. The van der Waals surface area contributed by atoms with Crippen LogP contribution >= 0.6 is 11.6 Å². The number of nitrogens with zero attached hydrogens (tertiary/aromatic N) is 2. The summed E-state index contributed by atoms with van der Waals surface area (Å²) in [5, 5.41) is 25.8. The second-order valence-electron chi connectivity index (χ2n) is 5.93. The molecule has 7 nitrogen and oxygen atoms in total. The van der Waals surface area contributed by atoms with Gasteiger partial charge in [0.15, 0.2) is 0 Å².